The molecular weight excluding hydrogens is 356 g/mol. The van der Waals surface area contributed by atoms with Gasteiger partial charge in [-0.1, -0.05) is 38.1 Å². The van der Waals surface area contributed by atoms with Gasteiger partial charge >= 0.3 is 0 Å². The Kier molecular flexibility index (Phi) is 8.99. The highest BCUT2D eigenvalue weighted by molar-refractivity contribution is 5.57. The second-order valence-electron chi connectivity index (χ2n) is 8.36. The predicted octanol–water partition coefficient (Wildman–Crippen LogP) is 6.29. The standard InChI is InChI=1S/C12H14FN.C12H15FO/c2*1-12(2,9-14)8-7-10-3-5-11(13)6-4-10/h3-6H,7-8H2,1-2H3;3-6,9H,7-8H2,1-2H3. The van der Waals surface area contributed by atoms with Crippen molar-refractivity contribution < 1.29 is 13.6 Å². The summed E-state index contributed by atoms with van der Waals surface area (Å²) < 4.78 is 25.1. The molecule has 0 aliphatic heterocycles. The van der Waals surface area contributed by atoms with E-state index in [-0.39, 0.29) is 22.5 Å². The van der Waals surface area contributed by atoms with Crippen LogP contribution in [-0.2, 0) is 17.6 Å². The topological polar surface area (TPSA) is 40.9 Å². The fourth-order valence-corrected chi connectivity index (χ4v) is 2.34. The molecule has 0 aliphatic rings. The van der Waals surface area contributed by atoms with E-state index in [0.717, 1.165) is 43.1 Å². The first kappa shape index (κ1) is 23.5. The van der Waals surface area contributed by atoms with Gasteiger partial charge in [0.2, 0.25) is 0 Å². The highest BCUT2D eigenvalue weighted by Crippen LogP contribution is 2.21. The van der Waals surface area contributed by atoms with Crippen LogP contribution >= 0.6 is 0 Å². The quantitative estimate of drug-likeness (QED) is 0.525. The van der Waals surface area contributed by atoms with Gasteiger partial charge in [0.1, 0.15) is 17.9 Å². The molecule has 2 nitrogen and oxygen atoms in total. The number of halogens is 2. The number of aryl methyl sites for hydroxylation is 2. The molecular formula is C24H29F2NO. The molecule has 0 atom stereocenters. The van der Waals surface area contributed by atoms with Crippen molar-refractivity contribution in [2.75, 3.05) is 0 Å². The molecule has 2 aromatic rings. The van der Waals surface area contributed by atoms with Crippen LogP contribution in [0.25, 0.3) is 0 Å². The minimum Gasteiger partial charge on any atom is -0.303 e. The van der Waals surface area contributed by atoms with Crippen molar-refractivity contribution >= 4 is 6.29 Å². The van der Waals surface area contributed by atoms with E-state index in [2.05, 4.69) is 6.07 Å². The van der Waals surface area contributed by atoms with Crippen LogP contribution in [0.2, 0.25) is 0 Å². The highest BCUT2D eigenvalue weighted by atomic mass is 19.1. The molecule has 0 amide bonds. The summed E-state index contributed by atoms with van der Waals surface area (Å²) in [5.41, 5.74) is 1.57. The second kappa shape index (κ2) is 10.7. The number of carbonyl (C=O) groups excluding carboxylic acids is 1. The monoisotopic (exact) mass is 385 g/mol. The average Bonchev–Trinajstić information content (AvgIpc) is 2.68. The zero-order valence-electron chi connectivity index (χ0n) is 17.1. The number of hydrogen-bond acceptors (Lipinski definition) is 2. The maximum absolute atomic E-state index is 12.6. The maximum atomic E-state index is 12.6. The zero-order valence-corrected chi connectivity index (χ0v) is 17.1. The number of hydrogen-bond donors (Lipinski definition) is 0. The third-order valence-electron chi connectivity index (χ3n) is 4.54. The molecule has 0 fully saturated rings. The Labute approximate surface area is 167 Å². The molecule has 0 radical (unpaired) electrons. The Hall–Kier alpha value is -2.54. The van der Waals surface area contributed by atoms with Gasteiger partial charge in [0.05, 0.1) is 11.5 Å². The van der Waals surface area contributed by atoms with Gasteiger partial charge in [-0.3, -0.25) is 0 Å². The third kappa shape index (κ3) is 9.41. The number of aldehydes is 1. The molecule has 2 aromatic carbocycles. The van der Waals surface area contributed by atoms with Crippen LogP contribution in [-0.4, -0.2) is 6.29 Å². The van der Waals surface area contributed by atoms with Gasteiger partial charge in [-0.15, -0.1) is 0 Å². The minimum absolute atomic E-state index is 0.215. The maximum Gasteiger partial charge on any atom is 0.125 e. The minimum atomic E-state index is -0.297. The second-order valence-corrected chi connectivity index (χ2v) is 8.36. The zero-order chi connectivity index (χ0) is 21.2. The molecule has 28 heavy (non-hydrogen) atoms. The van der Waals surface area contributed by atoms with Crippen LogP contribution in [0.1, 0.15) is 51.7 Å². The van der Waals surface area contributed by atoms with Gasteiger partial charge in [0.25, 0.3) is 0 Å². The molecule has 0 heterocycles. The number of benzene rings is 2. The molecule has 0 aromatic heterocycles. The summed E-state index contributed by atoms with van der Waals surface area (Å²) in [5, 5.41) is 8.81. The van der Waals surface area contributed by atoms with E-state index >= 15 is 0 Å². The Morgan fingerprint density at radius 1 is 0.821 bits per heavy atom. The predicted molar refractivity (Wildman–Crippen MR) is 109 cm³/mol. The lowest BCUT2D eigenvalue weighted by Gasteiger charge is -2.15. The highest BCUT2D eigenvalue weighted by Gasteiger charge is 2.16. The average molecular weight is 385 g/mol. The molecule has 0 spiro atoms. The van der Waals surface area contributed by atoms with Crippen molar-refractivity contribution in [3.63, 3.8) is 0 Å². The Balaban J connectivity index is 0.000000280. The summed E-state index contributed by atoms with van der Waals surface area (Å²) in [6.45, 7) is 7.64. The summed E-state index contributed by atoms with van der Waals surface area (Å²) in [4.78, 5) is 10.6. The van der Waals surface area contributed by atoms with Crippen molar-refractivity contribution in [1.82, 2.24) is 0 Å². The van der Waals surface area contributed by atoms with E-state index in [0.29, 0.717) is 0 Å². The van der Waals surface area contributed by atoms with Crippen LogP contribution in [0.4, 0.5) is 8.78 Å². The first-order valence-electron chi connectivity index (χ1n) is 9.43. The molecule has 4 heteroatoms. The first-order valence-corrected chi connectivity index (χ1v) is 9.43. The summed E-state index contributed by atoms with van der Waals surface area (Å²) in [7, 11) is 0. The largest absolute Gasteiger partial charge is 0.303 e. The van der Waals surface area contributed by atoms with Gasteiger partial charge in [-0.2, -0.15) is 5.26 Å². The normalized spacial score (nSPS) is 11.2. The summed E-state index contributed by atoms with van der Waals surface area (Å²) in [6.07, 6.45) is 4.20. The van der Waals surface area contributed by atoms with Crippen LogP contribution in [0.5, 0.6) is 0 Å². The Morgan fingerprint density at radius 2 is 1.21 bits per heavy atom. The van der Waals surface area contributed by atoms with Crippen molar-refractivity contribution in [1.29, 1.82) is 5.26 Å². The number of carbonyl (C=O) groups is 1. The van der Waals surface area contributed by atoms with Crippen LogP contribution in [0, 0.1) is 33.8 Å². The molecule has 2 rings (SSSR count). The number of rotatable bonds is 7. The smallest absolute Gasteiger partial charge is 0.125 e. The fraction of sp³-hybridized carbons (Fsp3) is 0.417. The third-order valence-corrected chi connectivity index (χ3v) is 4.54. The summed E-state index contributed by atoms with van der Waals surface area (Å²) in [6, 6.07) is 15.1. The van der Waals surface area contributed by atoms with Crippen molar-refractivity contribution in [2.45, 2.75) is 53.4 Å². The van der Waals surface area contributed by atoms with Gasteiger partial charge in [0.15, 0.2) is 0 Å². The molecule has 0 aliphatic carbocycles. The van der Waals surface area contributed by atoms with Gasteiger partial charge < -0.3 is 4.79 Å². The van der Waals surface area contributed by atoms with Crippen LogP contribution < -0.4 is 0 Å². The van der Waals surface area contributed by atoms with E-state index < -0.39 is 0 Å². The lowest BCUT2D eigenvalue weighted by Crippen LogP contribution is -2.13. The number of nitrogens with zero attached hydrogens (tertiary/aromatic N) is 1. The molecule has 0 saturated carbocycles. The molecule has 150 valence electrons. The van der Waals surface area contributed by atoms with Crippen molar-refractivity contribution in [2.24, 2.45) is 10.8 Å². The van der Waals surface area contributed by atoms with E-state index in [1.165, 1.54) is 24.3 Å². The van der Waals surface area contributed by atoms with Crippen LogP contribution in [0.3, 0.4) is 0 Å². The number of nitriles is 1. The van der Waals surface area contributed by atoms with E-state index in [4.69, 9.17) is 5.26 Å². The molecule has 0 saturated heterocycles. The molecule has 0 bridgehead atoms. The lowest BCUT2D eigenvalue weighted by atomic mass is 9.88. The van der Waals surface area contributed by atoms with Crippen molar-refractivity contribution in [3.8, 4) is 6.07 Å². The summed E-state index contributed by atoms with van der Waals surface area (Å²) >= 11 is 0. The molecule has 0 unspecified atom stereocenters. The van der Waals surface area contributed by atoms with Gasteiger partial charge in [-0.25, -0.2) is 8.78 Å². The lowest BCUT2D eigenvalue weighted by molar-refractivity contribution is -0.114. The Bertz CT molecular complexity index is 772. The van der Waals surface area contributed by atoms with Gasteiger partial charge in [0, 0.05) is 5.41 Å². The van der Waals surface area contributed by atoms with Crippen molar-refractivity contribution in [3.05, 3.63) is 71.3 Å². The van der Waals surface area contributed by atoms with E-state index in [9.17, 15) is 13.6 Å². The Morgan fingerprint density at radius 3 is 1.57 bits per heavy atom. The van der Waals surface area contributed by atoms with Gasteiger partial charge in [-0.05, 0) is 74.9 Å². The molecule has 0 N–H and O–H groups in total. The van der Waals surface area contributed by atoms with E-state index in [1.807, 2.05) is 27.7 Å². The first-order chi connectivity index (χ1) is 13.1. The fourth-order valence-electron chi connectivity index (χ4n) is 2.34. The van der Waals surface area contributed by atoms with Crippen LogP contribution in [0.15, 0.2) is 48.5 Å². The summed E-state index contributed by atoms with van der Waals surface area (Å²) in [5.74, 6) is -0.434. The SMILES string of the molecule is CC(C)(C#N)CCc1ccc(F)cc1.CC(C)(C=O)CCc1ccc(F)cc1. The van der Waals surface area contributed by atoms with E-state index in [1.54, 1.807) is 24.3 Å².